The van der Waals surface area contributed by atoms with Gasteiger partial charge in [-0.15, -0.1) is 0 Å². The third kappa shape index (κ3) is 5.10. The minimum atomic E-state index is -0.122. The van der Waals surface area contributed by atoms with Crippen molar-refractivity contribution in [2.24, 2.45) is 0 Å². The maximum Gasteiger partial charge on any atom is 0.254 e. The minimum absolute atomic E-state index is 0.122. The van der Waals surface area contributed by atoms with Crippen molar-refractivity contribution in [1.82, 2.24) is 15.2 Å². The van der Waals surface area contributed by atoms with Crippen molar-refractivity contribution in [2.45, 2.75) is 43.0 Å². The lowest BCUT2D eigenvalue weighted by Gasteiger charge is -2.15. The standard InChI is InChI=1S/C21H25N3O2S/c1-15-8-9-16(2)18(14-15)27-21-17(6-3-10-23-21)20(26)22-11-5-13-24-12-4-7-19(24)25/h3,6,8-10,14H,4-5,7,11-13H2,1-2H3,(H,22,26). The Balaban J connectivity index is 1.60. The van der Waals surface area contributed by atoms with Crippen LogP contribution >= 0.6 is 11.8 Å². The Labute approximate surface area is 164 Å². The number of aromatic nitrogens is 1. The van der Waals surface area contributed by atoms with Gasteiger partial charge in [-0.3, -0.25) is 9.59 Å². The molecule has 1 aliphatic rings. The lowest BCUT2D eigenvalue weighted by molar-refractivity contribution is -0.127. The first-order valence-electron chi connectivity index (χ1n) is 9.30. The molecule has 0 aliphatic carbocycles. The van der Waals surface area contributed by atoms with Gasteiger partial charge in [-0.25, -0.2) is 4.98 Å². The fourth-order valence-electron chi connectivity index (χ4n) is 3.07. The number of carbonyl (C=O) groups is 2. The van der Waals surface area contributed by atoms with Crippen molar-refractivity contribution in [3.63, 3.8) is 0 Å². The molecular formula is C21H25N3O2S. The summed E-state index contributed by atoms with van der Waals surface area (Å²) < 4.78 is 0. The van der Waals surface area contributed by atoms with E-state index < -0.39 is 0 Å². The van der Waals surface area contributed by atoms with Gasteiger partial charge in [0.2, 0.25) is 5.91 Å². The number of pyridine rings is 1. The van der Waals surface area contributed by atoms with Gasteiger partial charge in [-0.2, -0.15) is 0 Å². The zero-order valence-electron chi connectivity index (χ0n) is 15.8. The Kier molecular flexibility index (Phi) is 6.50. The van der Waals surface area contributed by atoms with Crippen molar-refractivity contribution in [3.05, 3.63) is 53.2 Å². The van der Waals surface area contributed by atoms with Crippen molar-refractivity contribution < 1.29 is 9.59 Å². The molecule has 1 aromatic carbocycles. The minimum Gasteiger partial charge on any atom is -0.352 e. The van der Waals surface area contributed by atoms with E-state index in [1.54, 1.807) is 18.3 Å². The van der Waals surface area contributed by atoms with Crippen LogP contribution in [-0.2, 0) is 4.79 Å². The highest BCUT2D eigenvalue weighted by Gasteiger charge is 2.19. The highest BCUT2D eigenvalue weighted by atomic mass is 32.2. The molecule has 1 N–H and O–H groups in total. The molecule has 1 aromatic heterocycles. The molecule has 1 aliphatic heterocycles. The summed E-state index contributed by atoms with van der Waals surface area (Å²) in [5.74, 6) is 0.101. The van der Waals surface area contributed by atoms with Gasteiger partial charge in [0.05, 0.1) is 5.56 Å². The van der Waals surface area contributed by atoms with Crippen LogP contribution in [-0.4, -0.2) is 41.3 Å². The molecule has 0 unspecified atom stereocenters. The van der Waals surface area contributed by atoms with Crippen LogP contribution in [0.25, 0.3) is 0 Å². The second kappa shape index (κ2) is 9.04. The summed E-state index contributed by atoms with van der Waals surface area (Å²) in [6, 6.07) is 9.87. The summed E-state index contributed by atoms with van der Waals surface area (Å²) in [5.41, 5.74) is 2.93. The van der Waals surface area contributed by atoms with Gasteiger partial charge < -0.3 is 10.2 Å². The molecule has 0 saturated carbocycles. The number of hydrogen-bond donors (Lipinski definition) is 1. The fraction of sp³-hybridized carbons (Fsp3) is 0.381. The van der Waals surface area contributed by atoms with Crippen molar-refractivity contribution in [3.8, 4) is 0 Å². The molecular weight excluding hydrogens is 358 g/mol. The van der Waals surface area contributed by atoms with Crippen LogP contribution in [0.3, 0.4) is 0 Å². The first kappa shape index (κ1) is 19.4. The molecule has 2 heterocycles. The number of nitrogens with zero attached hydrogens (tertiary/aromatic N) is 2. The van der Waals surface area contributed by atoms with Gasteiger partial charge in [0.25, 0.3) is 5.91 Å². The lowest BCUT2D eigenvalue weighted by atomic mass is 10.2. The zero-order valence-corrected chi connectivity index (χ0v) is 16.6. The van der Waals surface area contributed by atoms with Crippen molar-refractivity contribution in [2.75, 3.05) is 19.6 Å². The normalized spacial score (nSPS) is 13.9. The number of aryl methyl sites for hydroxylation is 2. The predicted molar refractivity (Wildman–Crippen MR) is 107 cm³/mol. The van der Waals surface area contributed by atoms with Gasteiger partial charge in [0.15, 0.2) is 0 Å². The highest BCUT2D eigenvalue weighted by Crippen LogP contribution is 2.31. The van der Waals surface area contributed by atoms with Crippen molar-refractivity contribution in [1.29, 1.82) is 0 Å². The number of likely N-dealkylation sites (tertiary alicyclic amines) is 1. The molecule has 6 heteroatoms. The second-order valence-corrected chi connectivity index (χ2v) is 7.85. The topological polar surface area (TPSA) is 62.3 Å². The number of amides is 2. The van der Waals surface area contributed by atoms with Gasteiger partial charge in [-0.1, -0.05) is 23.9 Å². The second-order valence-electron chi connectivity index (χ2n) is 6.82. The van der Waals surface area contributed by atoms with E-state index in [4.69, 9.17) is 0 Å². The molecule has 3 rings (SSSR count). The summed E-state index contributed by atoms with van der Waals surface area (Å²) in [6.45, 7) is 6.21. The number of benzene rings is 1. The van der Waals surface area contributed by atoms with Crippen molar-refractivity contribution >= 4 is 23.6 Å². The molecule has 0 radical (unpaired) electrons. The Morgan fingerprint density at radius 1 is 1.30 bits per heavy atom. The summed E-state index contributed by atoms with van der Waals surface area (Å²) in [7, 11) is 0. The van der Waals surface area contributed by atoms with Crippen LogP contribution in [0, 0.1) is 13.8 Å². The lowest BCUT2D eigenvalue weighted by Crippen LogP contribution is -2.30. The molecule has 2 aromatic rings. The zero-order chi connectivity index (χ0) is 19.2. The number of rotatable bonds is 7. The van der Waals surface area contributed by atoms with Crippen LogP contribution < -0.4 is 5.32 Å². The average molecular weight is 384 g/mol. The maximum atomic E-state index is 12.6. The average Bonchev–Trinajstić information content (AvgIpc) is 3.07. The molecule has 0 atom stereocenters. The van der Waals surface area contributed by atoms with Crippen LogP contribution in [0.5, 0.6) is 0 Å². The maximum absolute atomic E-state index is 12.6. The van der Waals surface area contributed by atoms with E-state index in [0.29, 0.717) is 30.1 Å². The highest BCUT2D eigenvalue weighted by molar-refractivity contribution is 7.99. The van der Waals surface area contributed by atoms with E-state index >= 15 is 0 Å². The SMILES string of the molecule is Cc1ccc(C)c(Sc2ncccc2C(=O)NCCCN2CCCC2=O)c1. The summed E-state index contributed by atoms with van der Waals surface area (Å²) >= 11 is 1.52. The summed E-state index contributed by atoms with van der Waals surface area (Å²) in [5, 5.41) is 3.67. The van der Waals surface area contributed by atoms with E-state index in [-0.39, 0.29) is 11.8 Å². The summed E-state index contributed by atoms with van der Waals surface area (Å²) in [6.07, 6.45) is 4.07. The Morgan fingerprint density at radius 2 is 2.15 bits per heavy atom. The van der Waals surface area contributed by atoms with Crippen LogP contribution in [0.4, 0.5) is 0 Å². The number of nitrogens with one attached hydrogen (secondary N) is 1. The molecule has 142 valence electrons. The number of hydrogen-bond acceptors (Lipinski definition) is 4. The molecule has 2 amide bonds. The number of carbonyl (C=O) groups excluding carboxylic acids is 2. The van der Waals surface area contributed by atoms with E-state index in [1.807, 2.05) is 4.90 Å². The van der Waals surface area contributed by atoms with E-state index in [2.05, 4.69) is 42.3 Å². The molecule has 1 fully saturated rings. The van der Waals surface area contributed by atoms with E-state index in [0.717, 1.165) is 29.8 Å². The van der Waals surface area contributed by atoms with Gasteiger partial charge in [-0.05, 0) is 56.0 Å². The Hall–Kier alpha value is -2.34. The first-order valence-corrected chi connectivity index (χ1v) is 10.1. The fourth-order valence-corrected chi connectivity index (χ4v) is 4.14. The third-order valence-electron chi connectivity index (χ3n) is 4.63. The molecule has 1 saturated heterocycles. The smallest absolute Gasteiger partial charge is 0.254 e. The van der Waals surface area contributed by atoms with Crippen LogP contribution in [0.1, 0.15) is 40.7 Å². The van der Waals surface area contributed by atoms with Gasteiger partial charge in [0.1, 0.15) is 5.03 Å². The first-order chi connectivity index (χ1) is 13.0. The summed E-state index contributed by atoms with van der Waals surface area (Å²) in [4.78, 5) is 31.6. The van der Waals surface area contributed by atoms with Crippen LogP contribution in [0.15, 0.2) is 46.5 Å². The molecule has 0 spiro atoms. The van der Waals surface area contributed by atoms with Gasteiger partial charge >= 0.3 is 0 Å². The van der Waals surface area contributed by atoms with E-state index in [1.165, 1.54) is 17.3 Å². The Morgan fingerprint density at radius 3 is 2.93 bits per heavy atom. The van der Waals surface area contributed by atoms with Gasteiger partial charge in [0, 0.05) is 37.1 Å². The monoisotopic (exact) mass is 383 g/mol. The third-order valence-corrected chi connectivity index (χ3v) is 5.81. The molecule has 5 nitrogen and oxygen atoms in total. The Bertz CT molecular complexity index is 838. The quantitative estimate of drug-likeness (QED) is 0.742. The molecule has 0 bridgehead atoms. The molecule has 27 heavy (non-hydrogen) atoms. The van der Waals surface area contributed by atoms with Crippen LogP contribution in [0.2, 0.25) is 0 Å². The van der Waals surface area contributed by atoms with E-state index in [9.17, 15) is 9.59 Å². The largest absolute Gasteiger partial charge is 0.352 e. The predicted octanol–water partition coefficient (Wildman–Crippen LogP) is 3.59.